The Hall–Kier alpha value is -1.32. The van der Waals surface area contributed by atoms with E-state index in [9.17, 15) is 0 Å². The van der Waals surface area contributed by atoms with Crippen LogP contribution in [0.25, 0.3) is 11.3 Å². The smallest absolute Gasteiger partial charge is 0.0682 e. The number of nitrogens with zero attached hydrogens (tertiary/aromatic N) is 2. The Morgan fingerprint density at radius 3 is 2.78 bits per heavy atom. The van der Waals surface area contributed by atoms with Crippen LogP contribution in [0, 0.1) is 0 Å². The molecule has 4 heteroatoms. The van der Waals surface area contributed by atoms with Crippen LogP contribution in [0.4, 0.5) is 0 Å². The molecule has 0 amide bonds. The molecule has 96 valence electrons. The molecule has 0 radical (unpaired) electrons. The van der Waals surface area contributed by atoms with Gasteiger partial charge in [-0.3, -0.25) is 4.68 Å². The summed E-state index contributed by atoms with van der Waals surface area (Å²) in [5.74, 6) is 0. The van der Waals surface area contributed by atoms with Crippen molar-refractivity contribution in [2.45, 2.75) is 26.9 Å². The third-order valence-corrected chi connectivity index (χ3v) is 3.28. The van der Waals surface area contributed by atoms with Gasteiger partial charge in [-0.25, -0.2) is 0 Å². The SMILES string of the molecule is CCNCc1ccc(-c2ccnn2CC)cc1Cl. The van der Waals surface area contributed by atoms with Gasteiger partial charge in [0.05, 0.1) is 5.69 Å². The molecule has 0 saturated carbocycles. The highest BCUT2D eigenvalue weighted by atomic mass is 35.5. The fourth-order valence-corrected chi connectivity index (χ4v) is 2.19. The highest BCUT2D eigenvalue weighted by molar-refractivity contribution is 6.31. The highest BCUT2D eigenvalue weighted by Gasteiger charge is 2.07. The third-order valence-electron chi connectivity index (χ3n) is 2.93. The van der Waals surface area contributed by atoms with Crippen molar-refractivity contribution >= 4 is 11.6 Å². The second-order valence-corrected chi connectivity index (χ2v) is 4.53. The molecule has 0 spiro atoms. The minimum Gasteiger partial charge on any atom is -0.313 e. The molecule has 1 aromatic carbocycles. The second kappa shape index (κ2) is 6.03. The molecule has 1 N–H and O–H groups in total. The van der Waals surface area contributed by atoms with Gasteiger partial charge in [0.15, 0.2) is 0 Å². The van der Waals surface area contributed by atoms with E-state index >= 15 is 0 Å². The van der Waals surface area contributed by atoms with Crippen molar-refractivity contribution in [2.75, 3.05) is 6.54 Å². The first-order valence-corrected chi connectivity index (χ1v) is 6.65. The molecule has 2 rings (SSSR count). The van der Waals surface area contributed by atoms with E-state index in [-0.39, 0.29) is 0 Å². The van der Waals surface area contributed by atoms with Crippen molar-refractivity contribution in [3.05, 3.63) is 41.0 Å². The topological polar surface area (TPSA) is 29.9 Å². The average Bonchev–Trinajstić information content (AvgIpc) is 2.85. The van der Waals surface area contributed by atoms with Crippen molar-refractivity contribution in [1.82, 2.24) is 15.1 Å². The largest absolute Gasteiger partial charge is 0.313 e. The van der Waals surface area contributed by atoms with E-state index in [0.717, 1.165) is 41.5 Å². The van der Waals surface area contributed by atoms with Crippen molar-refractivity contribution in [3.63, 3.8) is 0 Å². The van der Waals surface area contributed by atoms with Crippen LogP contribution in [0.3, 0.4) is 0 Å². The quantitative estimate of drug-likeness (QED) is 0.897. The molecule has 1 aromatic heterocycles. The van der Waals surface area contributed by atoms with Crippen molar-refractivity contribution in [3.8, 4) is 11.3 Å². The van der Waals surface area contributed by atoms with Crippen LogP contribution in [-0.2, 0) is 13.1 Å². The minimum absolute atomic E-state index is 0.803. The molecule has 0 atom stereocenters. The Bertz CT molecular complexity index is 520. The summed E-state index contributed by atoms with van der Waals surface area (Å²) in [6.07, 6.45) is 1.82. The summed E-state index contributed by atoms with van der Waals surface area (Å²) >= 11 is 6.31. The number of rotatable bonds is 5. The number of benzene rings is 1. The summed E-state index contributed by atoms with van der Waals surface area (Å²) in [7, 11) is 0. The predicted molar refractivity (Wildman–Crippen MR) is 75.7 cm³/mol. The lowest BCUT2D eigenvalue weighted by Crippen LogP contribution is -2.12. The summed E-state index contributed by atoms with van der Waals surface area (Å²) in [6, 6.07) is 8.20. The molecule has 0 fully saturated rings. The maximum atomic E-state index is 6.31. The van der Waals surface area contributed by atoms with Gasteiger partial charge in [0.2, 0.25) is 0 Å². The van der Waals surface area contributed by atoms with E-state index in [1.165, 1.54) is 0 Å². The molecule has 0 unspecified atom stereocenters. The second-order valence-electron chi connectivity index (χ2n) is 4.12. The predicted octanol–water partition coefficient (Wildman–Crippen LogP) is 3.33. The van der Waals surface area contributed by atoms with Crippen molar-refractivity contribution in [1.29, 1.82) is 0 Å². The average molecular weight is 264 g/mol. The highest BCUT2D eigenvalue weighted by Crippen LogP contribution is 2.25. The molecule has 0 aliphatic heterocycles. The molecular formula is C14H18ClN3. The molecule has 18 heavy (non-hydrogen) atoms. The fourth-order valence-electron chi connectivity index (χ4n) is 1.94. The zero-order chi connectivity index (χ0) is 13.0. The lowest BCUT2D eigenvalue weighted by molar-refractivity contribution is 0.667. The van der Waals surface area contributed by atoms with Gasteiger partial charge in [-0.15, -0.1) is 0 Å². The van der Waals surface area contributed by atoms with E-state index in [4.69, 9.17) is 11.6 Å². The Labute approximate surface area is 113 Å². The molecule has 1 heterocycles. The molecule has 2 aromatic rings. The normalized spacial score (nSPS) is 10.8. The standard InChI is InChI=1S/C14H18ClN3/c1-3-16-10-12-6-5-11(9-13(12)15)14-7-8-17-18(14)4-2/h5-9,16H,3-4,10H2,1-2H3. The minimum atomic E-state index is 0.803. The molecule has 0 saturated heterocycles. The first-order valence-electron chi connectivity index (χ1n) is 6.27. The number of halogens is 1. The molecule has 0 bridgehead atoms. The van der Waals surface area contributed by atoms with Crippen LogP contribution in [0.5, 0.6) is 0 Å². The van der Waals surface area contributed by atoms with E-state index in [2.05, 4.69) is 36.4 Å². The zero-order valence-electron chi connectivity index (χ0n) is 10.8. The number of nitrogens with one attached hydrogen (secondary N) is 1. The van der Waals surface area contributed by atoms with Crippen LogP contribution in [0.2, 0.25) is 5.02 Å². The van der Waals surface area contributed by atoms with Crippen LogP contribution >= 0.6 is 11.6 Å². The van der Waals surface area contributed by atoms with Gasteiger partial charge in [0.25, 0.3) is 0 Å². The summed E-state index contributed by atoms with van der Waals surface area (Å²) in [5, 5.41) is 8.36. The van der Waals surface area contributed by atoms with Crippen molar-refractivity contribution in [2.24, 2.45) is 0 Å². The summed E-state index contributed by atoms with van der Waals surface area (Å²) in [5.41, 5.74) is 3.35. The molecular weight excluding hydrogens is 246 g/mol. The molecule has 0 aliphatic rings. The zero-order valence-corrected chi connectivity index (χ0v) is 11.5. The fraction of sp³-hybridized carbons (Fsp3) is 0.357. The van der Waals surface area contributed by atoms with Gasteiger partial charge < -0.3 is 5.32 Å². The number of aryl methyl sites for hydroxylation is 1. The summed E-state index contributed by atoms with van der Waals surface area (Å²) in [6.45, 7) is 6.78. The lowest BCUT2D eigenvalue weighted by atomic mass is 10.1. The maximum Gasteiger partial charge on any atom is 0.0682 e. The monoisotopic (exact) mass is 263 g/mol. The first-order chi connectivity index (χ1) is 8.76. The van der Waals surface area contributed by atoms with E-state index in [0.29, 0.717) is 0 Å². The third kappa shape index (κ3) is 2.74. The van der Waals surface area contributed by atoms with Gasteiger partial charge in [-0.1, -0.05) is 30.7 Å². The molecule has 0 aliphatic carbocycles. The van der Waals surface area contributed by atoms with Gasteiger partial charge in [-0.2, -0.15) is 5.10 Å². The van der Waals surface area contributed by atoms with Crippen LogP contribution in [-0.4, -0.2) is 16.3 Å². The first kappa shape index (κ1) is 13.1. The van der Waals surface area contributed by atoms with Crippen molar-refractivity contribution < 1.29 is 0 Å². The Kier molecular flexibility index (Phi) is 4.39. The Balaban J connectivity index is 2.28. The van der Waals surface area contributed by atoms with E-state index < -0.39 is 0 Å². The summed E-state index contributed by atoms with van der Waals surface area (Å²) < 4.78 is 1.97. The molecule has 3 nitrogen and oxygen atoms in total. The van der Waals surface area contributed by atoms with Crippen LogP contribution < -0.4 is 5.32 Å². The lowest BCUT2D eigenvalue weighted by Gasteiger charge is -2.09. The summed E-state index contributed by atoms with van der Waals surface area (Å²) in [4.78, 5) is 0. The van der Waals surface area contributed by atoms with Gasteiger partial charge >= 0.3 is 0 Å². The van der Waals surface area contributed by atoms with E-state index in [1.54, 1.807) is 0 Å². The number of aromatic nitrogens is 2. The van der Waals surface area contributed by atoms with Gasteiger partial charge in [0, 0.05) is 29.9 Å². The maximum absolute atomic E-state index is 6.31. The van der Waals surface area contributed by atoms with E-state index in [1.807, 2.05) is 23.0 Å². The number of hydrogen-bond donors (Lipinski definition) is 1. The van der Waals surface area contributed by atoms with Gasteiger partial charge in [-0.05, 0) is 31.2 Å². The Morgan fingerprint density at radius 2 is 2.11 bits per heavy atom. The van der Waals surface area contributed by atoms with Crippen LogP contribution in [0.1, 0.15) is 19.4 Å². The van der Waals surface area contributed by atoms with Gasteiger partial charge in [0.1, 0.15) is 0 Å². The van der Waals surface area contributed by atoms with Crippen LogP contribution in [0.15, 0.2) is 30.5 Å². The Morgan fingerprint density at radius 1 is 1.28 bits per heavy atom. The number of hydrogen-bond acceptors (Lipinski definition) is 2.